The molecule has 0 aromatic carbocycles. The number of esters is 2. The van der Waals surface area contributed by atoms with Gasteiger partial charge in [-0.05, 0) is 20.8 Å². The Labute approximate surface area is 125 Å². The van der Waals surface area contributed by atoms with E-state index >= 15 is 0 Å². The number of hydrogen-bond donors (Lipinski definition) is 1. The monoisotopic (exact) mass is 312 g/mol. The normalized spacial score (nSPS) is 20.0. The summed E-state index contributed by atoms with van der Waals surface area (Å²) in [7, 11) is 0. The number of anilines is 1. The molecule has 0 spiro atoms. The van der Waals surface area contributed by atoms with Crippen molar-refractivity contribution in [3.8, 4) is 0 Å². The SMILES string of the molecule is CCOC(=O)c1csc(NC(=O)[C@H]2CC(=O)OC2(C)C)n1. The fraction of sp³-hybridized carbons (Fsp3) is 0.538. The average molecular weight is 312 g/mol. The van der Waals surface area contributed by atoms with Crippen LogP contribution in [-0.2, 0) is 19.1 Å². The first kappa shape index (κ1) is 15.4. The van der Waals surface area contributed by atoms with Gasteiger partial charge in [0.15, 0.2) is 10.8 Å². The second-order valence-corrected chi connectivity index (χ2v) is 5.94. The maximum atomic E-state index is 12.2. The molecule has 1 aromatic heterocycles. The van der Waals surface area contributed by atoms with Gasteiger partial charge in [-0.2, -0.15) is 0 Å². The van der Waals surface area contributed by atoms with Crippen LogP contribution < -0.4 is 5.32 Å². The zero-order chi connectivity index (χ0) is 15.6. The molecule has 1 amide bonds. The summed E-state index contributed by atoms with van der Waals surface area (Å²) in [6, 6.07) is 0. The molecule has 0 unspecified atom stereocenters. The van der Waals surface area contributed by atoms with E-state index in [2.05, 4.69) is 10.3 Å². The topological polar surface area (TPSA) is 94.6 Å². The third-order valence-corrected chi connectivity index (χ3v) is 3.88. The Hall–Kier alpha value is -1.96. The lowest BCUT2D eigenvalue weighted by Gasteiger charge is -2.23. The molecule has 1 aliphatic heterocycles. The second-order valence-electron chi connectivity index (χ2n) is 5.08. The van der Waals surface area contributed by atoms with E-state index in [0.29, 0.717) is 5.13 Å². The van der Waals surface area contributed by atoms with Crippen LogP contribution in [0.15, 0.2) is 5.38 Å². The highest BCUT2D eigenvalue weighted by Gasteiger charge is 2.46. The van der Waals surface area contributed by atoms with Gasteiger partial charge in [-0.3, -0.25) is 9.59 Å². The van der Waals surface area contributed by atoms with E-state index in [-0.39, 0.29) is 24.6 Å². The molecule has 1 aliphatic rings. The lowest BCUT2D eigenvalue weighted by Crippen LogP contribution is -2.36. The zero-order valence-electron chi connectivity index (χ0n) is 12.0. The summed E-state index contributed by atoms with van der Waals surface area (Å²) in [5, 5.41) is 4.40. The van der Waals surface area contributed by atoms with Gasteiger partial charge in [-0.1, -0.05) is 0 Å². The molecular weight excluding hydrogens is 296 g/mol. The molecule has 2 rings (SSSR count). The lowest BCUT2D eigenvalue weighted by atomic mass is 9.90. The molecule has 8 heteroatoms. The predicted octanol–water partition coefficient (Wildman–Crippen LogP) is 1.60. The van der Waals surface area contributed by atoms with E-state index in [1.807, 2.05) is 0 Å². The van der Waals surface area contributed by atoms with Crippen LogP contribution in [-0.4, -0.2) is 35.0 Å². The van der Waals surface area contributed by atoms with Crippen LogP contribution in [0.2, 0.25) is 0 Å². The van der Waals surface area contributed by atoms with E-state index in [1.165, 1.54) is 5.38 Å². The molecule has 1 saturated heterocycles. The summed E-state index contributed by atoms with van der Waals surface area (Å²) in [6.07, 6.45) is 0.0366. The quantitative estimate of drug-likeness (QED) is 0.849. The smallest absolute Gasteiger partial charge is 0.357 e. The van der Waals surface area contributed by atoms with Crippen molar-refractivity contribution < 1.29 is 23.9 Å². The minimum atomic E-state index is -0.845. The molecule has 0 aliphatic carbocycles. The number of carbonyl (C=O) groups is 3. The van der Waals surface area contributed by atoms with Gasteiger partial charge < -0.3 is 14.8 Å². The van der Waals surface area contributed by atoms with Crippen LogP contribution in [0.4, 0.5) is 5.13 Å². The Kier molecular flexibility index (Phi) is 4.26. The van der Waals surface area contributed by atoms with Crippen LogP contribution in [0, 0.1) is 5.92 Å². The maximum absolute atomic E-state index is 12.2. The van der Waals surface area contributed by atoms with Crippen LogP contribution in [0.3, 0.4) is 0 Å². The van der Waals surface area contributed by atoms with Gasteiger partial charge in [0.25, 0.3) is 0 Å². The number of rotatable bonds is 4. The van der Waals surface area contributed by atoms with Crippen molar-refractivity contribution in [2.75, 3.05) is 11.9 Å². The molecule has 1 fully saturated rings. The van der Waals surface area contributed by atoms with Crippen molar-refractivity contribution in [3.63, 3.8) is 0 Å². The number of amides is 1. The van der Waals surface area contributed by atoms with Crippen LogP contribution >= 0.6 is 11.3 Å². The first-order valence-electron chi connectivity index (χ1n) is 6.49. The molecule has 1 N–H and O–H groups in total. The fourth-order valence-corrected chi connectivity index (χ4v) is 2.73. The summed E-state index contributed by atoms with van der Waals surface area (Å²) in [5.41, 5.74) is -0.697. The van der Waals surface area contributed by atoms with Gasteiger partial charge in [0.2, 0.25) is 5.91 Å². The summed E-state index contributed by atoms with van der Waals surface area (Å²) < 4.78 is 9.93. The third-order valence-electron chi connectivity index (χ3n) is 3.12. The molecular formula is C13H16N2O5S. The number of aromatic nitrogens is 1. The summed E-state index contributed by atoms with van der Waals surface area (Å²) in [5.74, 6) is -1.86. The summed E-state index contributed by atoms with van der Waals surface area (Å²) in [6.45, 7) is 5.34. The molecule has 0 bridgehead atoms. The Balaban J connectivity index is 2.03. The molecule has 2 heterocycles. The van der Waals surface area contributed by atoms with Gasteiger partial charge in [0.05, 0.1) is 18.9 Å². The minimum absolute atomic E-state index is 0.0366. The highest BCUT2D eigenvalue weighted by Crippen LogP contribution is 2.33. The molecule has 0 saturated carbocycles. The Morgan fingerprint density at radius 3 is 2.86 bits per heavy atom. The molecule has 21 heavy (non-hydrogen) atoms. The van der Waals surface area contributed by atoms with E-state index < -0.39 is 23.5 Å². The van der Waals surface area contributed by atoms with E-state index in [4.69, 9.17) is 9.47 Å². The fourth-order valence-electron chi connectivity index (χ4n) is 2.05. The van der Waals surface area contributed by atoms with Gasteiger partial charge in [0, 0.05) is 5.38 Å². The van der Waals surface area contributed by atoms with Crippen molar-refractivity contribution in [2.45, 2.75) is 32.8 Å². The average Bonchev–Trinajstić information content (AvgIpc) is 2.93. The van der Waals surface area contributed by atoms with Crippen LogP contribution in [0.5, 0.6) is 0 Å². The Morgan fingerprint density at radius 1 is 1.57 bits per heavy atom. The molecule has 7 nitrogen and oxygen atoms in total. The maximum Gasteiger partial charge on any atom is 0.357 e. The standard InChI is InChI=1S/C13H16N2O5S/c1-4-19-11(18)8-6-21-12(14-8)15-10(17)7-5-9(16)20-13(7,2)3/h6-7H,4-5H2,1-3H3,(H,14,15,17)/t7-/m1/s1. The van der Waals surface area contributed by atoms with E-state index in [0.717, 1.165) is 11.3 Å². The number of cyclic esters (lactones) is 1. The molecule has 0 radical (unpaired) electrons. The van der Waals surface area contributed by atoms with E-state index in [1.54, 1.807) is 20.8 Å². The van der Waals surface area contributed by atoms with Crippen molar-refractivity contribution in [2.24, 2.45) is 5.92 Å². The van der Waals surface area contributed by atoms with Crippen molar-refractivity contribution in [1.29, 1.82) is 0 Å². The first-order valence-corrected chi connectivity index (χ1v) is 7.37. The Bertz CT molecular complexity index is 581. The summed E-state index contributed by atoms with van der Waals surface area (Å²) >= 11 is 1.12. The van der Waals surface area contributed by atoms with Crippen LogP contribution in [0.25, 0.3) is 0 Å². The number of carbonyl (C=O) groups excluding carboxylic acids is 3. The molecule has 1 atom stereocenters. The number of nitrogens with zero attached hydrogens (tertiary/aromatic N) is 1. The second kappa shape index (κ2) is 5.80. The predicted molar refractivity (Wildman–Crippen MR) is 75.0 cm³/mol. The number of thiazole rings is 1. The van der Waals surface area contributed by atoms with Gasteiger partial charge in [-0.15, -0.1) is 11.3 Å². The number of ether oxygens (including phenoxy) is 2. The summed E-state index contributed by atoms with van der Waals surface area (Å²) in [4.78, 5) is 39.0. The van der Waals surface area contributed by atoms with Gasteiger partial charge >= 0.3 is 11.9 Å². The zero-order valence-corrected chi connectivity index (χ0v) is 12.8. The molecule has 1 aromatic rings. The minimum Gasteiger partial charge on any atom is -0.461 e. The number of nitrogens with one attached hydrogen (secondary N) is 1. The number of hydrogen-bond acceptors (Lipinski definition) is 7. The highest BCUT2D eigenvalue weighted by atomic mass is 32.1. The van der Waals surface area contributed by atoms with Crippen molar-refractivity contribution >= 4 is 34.3 Å². The first-order chi connectivity index (χ1) is 9.83. The Morgan fingerprint density at radius 2 is 2.29 bits per heavy atom. The largest absolute Gasteiger partial charge is 0.461 e. The lowest BCUT2D eigenvalue weighted by molar-refractivity contribution is -0.147. The van der Waals surface area contributed by atoms with Gasteiger partial charge in [0.1, 0.15) is 5.60 Å². The highest BCUT2D eigenvalue weighted by molar-refractivity contribution is 7.14. The third kappa shape index (κ3) is 3.38. The van der Waals surface area contributed by atoms with Crippen molar-refractivity contribution in [1.82, 2.24) is 4.98 Å². The van der Waals surface area contributed by atoms with Crippen molar-refractivity contribution in [3.05, 3.63) is 11.1 Å². The van der Waals surface area contributed by atoms with Crippen LogP contribution in [0.1, 0.15) is 37.7 Å². The molecule has 114 valence electrons. The van der Waals surface area contributed by atoms with Gasteiger partial charge in [-0.25, -0.2) is 9.78 Å². The van der Waals surface area contributed by atoms with E-state index in [9.17, 15) is 14.4 Å².